The Balaban J connectivity index is 1.77. The summed E-state index contributed by atoms with van der Waals surface area (Å²) >= 11 is 1.34. The van der Waals surface area contributed by atoms with E-state index in [0.29, 0.717) is 46.0 Å². The maximum atomic E-state index is 14.1. The smallest absolute Gasteiger partial charge is 0.271 e. The number of para-hydroxylation sites is 2. The van der Waals surface area contributed by atoms with E-state index in [0.717, 1.165) is 22.0 Å². The quantitative estimate of drug-likeness (QED) is 0.314. The molecule has 0 unspecified atom stereocenters. The lowest BCUT2D eigenvalue weighted by atomic mass is 9.94. The first-order valence-corrected chi connectivity index (χ1v) is 13.9. The fourth-order valence-electron chi connectivity index (χ4n) is 5.28. The number of fused-ring (bicyclic) bond motifs is 2. The molecule has 8 heteroatoms. The van der Waals surface area contributed by atoms with Crippen molar-refractivity contribution in [1.82, 2.24) is 14.0 Å². The lowest BCUT2D eigenvalue weighted by Gasteiger charge is -2.29. The van der Waals surface area contributed by atoms with Crippen molar-refractivity contribution in [2.45, 2.75) is 33.4 Å². The summed E-state index contributed by atoms with van der Waals surface area (Å²) in [6.45, 7) is 11.4. The zero-order chi connectivity index (χ0) is 27.7. The molecule has 2 aromatic carbocycles. The maximum absolute atomic E-state index is 14.1. The van der Waals surface area contributed by atoms with E-state index in [-0.39, 0.29) is 11.5 Å². The Hall–Kier alpha value is -4.17. The number of nitrogens with zero attached hydrogens (tertiary/aromatic N) is 4. The molecule has 5 rings (SSSR count). The second-order valence-corrected chi connectivity index (χ2v) is 10.4. The molecule has 7 nitrogen and oxygen atoms in total. The van der Waals surface area contributed by atoms with E-state index >= 15 is 0 Å². The summed E-state index contributed by atoms with van der Waals surface area (Å²) in [4.78, 5) is 35.1. The van der Waals surface area contributed by atoms with Crippen LogP contribution < -0.4 is 19.6 Å². The van der Waals surface area contributed by atoms with Gasteiger partial charge in [-0.2, -0.15) is 0 Å². The lowest BCUT2D eigenvalue weighted by molar-refractivity contribution is -0.127. The van der Waals surface area contributed by atoms with Gasteiger partial charge in [-0.1, -0.05) is 53.8 Å². The molecule has 0 saturated carbocycles. The van der Waals surface area contributed by atoms with Gasteiger partial charge in [-0.25, -0.2) is 4.99 Å². The number of methoxy groups -OCH3 is 1. The Labute approximate surface area is 231 Å². The molecule has 2 aromatic heterocycles. The molecule has 4 aromatic rings. The SMILES string of the molecule is C=CCn1cc(/C=c2/sc3n(c2=O)[C@@H](c2ccccc2OC)C(C(=O)N(CC)CC)=C(C)N=3)c2ccccc21. The Morgan fingerprint density at radius 1 is 1.15 bits per heavy atom. The minimum atomic E-state index is -0.658. The molecule has 0 aliphatic carbocycles. The van der Waals surface area contributed by atoms with E-state index in [2.05, 4.69) is 23.3 Å². The monoisotopic (exact) mass is 540 g/mol. The number of ether oxygens (including phenoxy) is 1. The Morgan fingerprint density at radius 2 is 1.87 bits per heavy atom. The van der Waals surface area contributed by atoms with Crippen LogP contribution in [0.4, 0.5) is 0 Å². The number of carbonyl (C=O) groups excluding carboxylic acids is 1. The molecule has 39 heavy (non-hydrogen) atoms. The van der Waals surface area contributed by atoms with Crippen LogP contribution >= 0.6 is 11.3 Å². The van der Waals surface area contributed by atoms with Gasteiger partial charge >= 0.3 is 0 Å². The average molecular weight is 541 g/mol. The van der Waals surface area contributed by atoms with Crippen molar-refractivity contribution < 1.29 is 9.53 Å². The number of allylic oxidation sites excluding steroid dienone is 2. The molecule has 3 heterocycles. The van der Waals surface area contributed by atoms with E-state index in [1.54, 1.807) is 16.6 Å². The van der Waals surface area contributed by atoms with E-state index in [1.807, 2.05) is 75.5 Å². The number of hydrogen-bond donors (Lipinski definition) is 0. The van der Waals surface area contributed by atoms with Crippen molar-refractivity contribution >= 4 is 34.2 Å². The van der Waals surface area contributed by atoms with Crippen LogP contribution in [0.3, 0.4) is 0 Å². The number of aromatic nitrogens is 2. The summed E-state index contributed by atoms with van der Waals surface area (Å²) in [6, 6.07) is 15.0. The Morgan fingerprint density at radius 3 is 2.59 bits per heavy atom. The van der Waals surface area contributed by atoms with Crippen LogP contribution in [0.2, 0.25) is 0 Å². The first-order valence-electron chi connectivity index (χ1n) is 13.1. The number of amides is 1. The molecule has 0 radical (unpaired) electrons. The highest BCUT2D eigenvalue weighted by molar-refractivity contribution is 7.07. The second kappa shape index (κ2) is 10.9. The highest BCUT2D eigenvalue weighted by atomic mass is 32.1. The normalized spacial score (nSPS) is 15.3. The molecule has 1 aliphatic heterocycles. The summed E-state index contributed by atoms with van der Waals surface area (Å²) in [7, 11) is 1.60. The first kappa shape index (κ1) is 26.4. The molecule has 1 amide bonds. The second-order valence-electron chi connectivity index (χ2n) is 9.34. The van der Waals surface area contributed by atoms with Gasteiger partial charge in [0.15, 0.2) is 4.80 Å². The van der Waals surface area contributed by atoms with Gasteiger partial charge in [-0.05, 0) is 39.0 Å². The summed E-state index contributed by atoms with van der Waals surface area (Å²) in [5, 5.41) is 1.06. The number of hydrogen-bond acceptors (Lipinski definition) is 5. The predicted octanol–water partition coefficient (Wildman–Crippen LogP) is 4.25. The third-order valence-electron chi connectivity index (χ3n) is 7.17. The van der Waals surface area contributed by atoms with Gasteiger partial charge in [0.1, 0.15) is 11.8 Å². The Bertz CT molecular complexity index is 1790. The van der Waals surface area contributed by atoms with Gasteiger partial charge in [0.05, 0.1) is 22.9 Å². The van der Waals surface area contributed by atoms with Crippen LogP contribution in [-0.4, -0.2) is 40.1 Å². The highest BCUT2D eigenvalue weighted by Crippen LogP contribution is 2.36. The number of rotatable bonds is 8. The van der Waals surface area contributed by atoms with Crippen molar-refractivity contribution in [2.24, 2.45) is 4.99 Å². The van der Waals surface area contributed by atoms with Gasteiger partial charge in [-0.3, -0.25) is 14.2 Å². The zero-order valence-corrected chi connectivity index (χ0v) is 23.5. The van der Waals surface area contributed by atoms with Crippen LogP contribution in [0.1, 0.15) is 37.9 Å². The number of likely N-dealkylation sites (N-methyl/N-ethyl adjacent to an activating group) is 1. The summed E-state index contributed by atoms with van der Waals surface area (Å²) in [5.41, 5.74) is 3.68. The number of benzene rings is 2. The molecular formula is C31H32N4O3S. The van der Waals surface area contributed by atoms with Crippen LogP contribution in [0.5, 0.6) is 5.75 Å². The summed E-state index contributed by atoms with van der Waals surface area (Å²) in [5.74, 6) is 0.489. The van der Waals surface area contributed by atoms with Crippen molar-refractivity contribution in [1.29, 1.82) is 0 Å². The zero-order valence-electron chi connectivity index (χ0n) is 22.7. The van der Waals surface area contributed by atoms with Crippen molar-refractivity contribution in [3.05, 3.63) is 109 Å². The van der Waals surface area contributed by atoms with E-state index in [4.69, 9.17) is 9.73 Å². The third kappa shape index (κ3) is 4.55. The maximum Gasteiger partial charge on any atom is 0.271 e. The fourth-order valence-corrected chi connectivity index (χ4v) is 6.32. The molecule has 1 aliphatic rings. The molecule has 200 valence electrons. The molecule has 1 atom stereocenters. The molecule has 0 spiro atoms. The number of carbonyl (C=O) groups is 1. The molecule has 0 saturated heterocycles. The van der Waals surface area contributed by atoms with Crippen LogP contribution in [-0.2, 0) is 11.3 Å². The van der Waals surface area contributed by atoms with E-state index < -0.39 is 6.04 Å². The largest absolute Gasteiger partial charge is 0.496 e. The lowest BCUT2D eigenvalue weighted by Crippen LogP contribution is -2.43. The van der Waals surface area contributed by atoms with Gasteiger partial charge in [0, 0.05) is 47.9 Å². The first-order chi connectivity index (χ1) is 18.9. The van der Waals surface area contributed by atoms with Crippen molar-refractivity contribution in [3.63, 3.8) is 0 Å². The minimum Gasteiger partial charge on any atom is -0.496 e. The van der Waals surface area contributed by atoms with Crippen LogP contribution in [0, 0.1) is 0 Å². The molecular weight excluding hydrogens is 508 g/mol. The van der Waals surface area contributed by atoms with E-state index in [1.165, 1.54) is 11.3 Å². The summed E-state index contributed by atoms with van der Waals surface area (Å²) in [6.07, 6.45) is 5.83. The Kier molecular flexibility index (Phi) is 7.39. The highest BCUT2D eigenvalue weighted by Gasteiger charge is 2.35. The average Bonchev–Trinajstić information content (AvgIpc) is 3.45. The number of thiazole rings is 1. The van der Waals surface area contributed by atoms with Crippen molar-refractivity contribution in [3.8, 4) is 5.75 Å². The van der Waals surface area contributed by atoms with E-state index in [9.17, 15) is 9.59 Å². The third-order valence-corrected chi connectivity index (χ3v) is 8.15. The van der Waals surface area contributed by atoms with Gasteiger partial charge < -0.3 is 14.2 Å². The molecule has 0 bridgehead atoms. The van der Waals surface area contributed by atoms with Crippen molar-refractivity contribution in [2.75, 3.05) is 20.2 Å². The predicted molar refractivity (Wildman–Crippen MR) is 157 cm³/mol. The van der Waals surface area contributed by atoms with Crippen LogP contribution in [0.15, 0.2) is 88.4 Å². The summed E-state index contributed by atoms with van der Waals surface area (Å²) < 4.78 is 10.0. The van der Waals surface area contributed by atoms with Gasteiger partial charge in [0.2, 0.25) is 0 Å². The molecule has 0 N–H and O–H groups in total. The fraction of sp³-hybridized carbons (Fsp3) is 0.258. The minimum absolute atomic E-state index is 0.126. The molecule has 0 fully saturated rings. The topological polar surface area (TPSA) is 68.8 Å². The van der Waals surface area contributed by atoms with Gasteiger partial charge in [-0.15, -0.1) is 6.58 Å². The van der Waals surface area contributed by atoms with Gasteiger partial charge in [0.25, 0.3) is 11.5 Å². The standard InChI is InChI=1S/C31H32N4O3S/c1-6-17-34-19-21(22-13-9-11-15-24(22)34)18-26-29(36)35-28(23-14-10-12-16-25(23)38-5)27(20(4)32-31(35)39-26)30(37)33(7-2)8-3/h6,9-16,18-19,28H,1,7-8,17H2,2-5H3/b26-18+/t28-/m0/s1. The van der Waals surface area contributed by atoms with Crippen LogP contribution in [0.25, 0.3) is 17.0 Å².